The van der Waals surface area contributed by atoms with Crippen molar-refractivity contribution in [3.8, 4) is 0 Å². The molecule has 0 saturated carbocycles. The van der Waals surface area contributed by atoms with E-state index < -0.39 is 307 Å². The van der Waals surface area contributed by atoms with Crippen molar-refractivity contribution in [1.29, 1.82) is 0 Å². The standard InChI is InChI=1S/C57H108N16O28S5.5Na/c1-9-33(5)44-55(84)68-38(16-22-59-28-103(90,91)92)48(77)66-41(19-25-62-31-106(99,100)101)53(82)72-46(35(7)74)54(83)63-26-20-42(50(79)65-40(18-24-61-30-105(96,97)98)52(81)70-45(34(6)10-2)56(85)71-44)67-49(78)39(17-23-60-29-104(93,94)95)69-57(86)47(36(8)75)73-51(80)37(15-21-58-27-102(87,88)89)64-43(76)14-12-11-13-32(3)4;;;;;/h32-42,44-47,58-62,74-75H,9-31H2,1-8H3,(H,63,83)(H,64,76)(H,65,79)(H,66,77)(H,67,78)(H,68,84)(H,69,86)(H,70,81)(H,71,85)(H,72,82)(H,73,80)(H,87,88,89)(H,90,91,92)(H,93,94,95)(H,96,97,98)(H,99,100,101);;;;;/q;5*+1/p-5. The summed E-state index contributed by atoms with van der Waals surface area (Å²) in [4.78, 5) is 158. The topological polar surface area (TPSA) is 707 Å². The molecule has 0 aliphatic carbocycles. The summed E-state index contributed by atoms with van der Waals surface area (Å²) in [6.45, 7) is 8.43. The van der Waals surface area contributed by atoms with Gasteiger partial charge in [-0.3, -0.25) is 52.7 Å². The number of aliphatic hydroxyl groups is 2. The molecule has 14 unspecified atom stereocenters. The molecule has 0 aromatic carbocycles. The molecular formula is C57H103N16Na5O28S5. The first-order valence-electron chi connectivity index (χ1n) is 33.9. The maximum absolute atomic E-state index is 14.9. The van der Waals surface area contributed by atoms with Gasteiger partial charge < -0.3 is 118 Å². The normalized spacial score (nSPS) is 20.9. The fourth-order valence-electron chi connectivity index (χ4n) is 9.94. The number of carbonyl (C=O) groups is 11. The molecule has 11 amide bonds. The van der Waals surface area contributed by atoms with E-state index in [2.05, 4.69) is 85.1 Å². The van der Waals surface area contributed by atoms with Gasteiger partial charge in [0, 0.05) is 13.0 Å². The minimum atomic E-state index is -5.03. The molecule has 0 aromatic heterocycles. The van der Waals surface area contributed by atoms with Gasteiger partial charge in [-0.05, 0) is 109 Å². The Balaban J connectivity index is -0.00000749. The van der Waals surface area contributed by atoms with E-state index in [9.17, 15) is 128 Å². The molecule has 1 aliphatic heterocycles. The minimum Gasteiger partial charge on any atom is -0.747 e. The molecule has 111 heavy (non-hydrogen) atoms. The van der Waals surface area contributed by atoms with Gasteiger partial charge in [-0.1, -0.05) is 67.2 Å². The number of carbonyl (C=O) groups excluding carboxylic acids is 11. The Morgan fingerprint density at radius 1 is 0.432 bits per heavy atom. The number of aliphatic hydroxyl groups excluding tert-OH is 2. The van der Waals surface area contributed by atoms with E-state index in [0.717, 1.165) is 20.3 Å². The summed E-state index contributed by atoms with van der Waals surface area (Å²) in [5, 5.41) is 59.0. The third kappa shape index (κ3) is 53.6. The first-order valence-corrected chi connectivity index (χ1v) is 41.7. The van der Waals surface area contributed by atoms with Crippen LogP contribution in [0.5, 0.6) is 0 Å². The summed E-state index contributed by atoms with van der Waals surface area (Å²) in [5.41, 5.74) is 0. The second-order valence-corrected chi connectivity index (χ2v) is 32.8. The second kappa shape index (κ2) is 59.2. The fourth-order valence-corrected chi connectivity index (χ4v) is 11.9. The molecule has 1 saturated heterocycles. The van der Waals surface area contributed by atoms with Crippen molar-refractivity contribution in [3.63, 3.8) is 0 Å². The summed E-state index contributed by atoms with van der Waals surface area (Å²) in [5.74, 6) is -20.9. The van der Waals surface area contributed by atoms with Crippen molar-refractivity contribution >= 4 is 116 Å². The second-order valence-electron chi connectivity index (χ2n) is 25.8. The monoisotopic (exact) mass is 1730 g/mol. The molecular weight excluding hydrogens is 1630 g/mol. The molecule has 614 valence electrons. The molecule has 1 fully saturated rings. The number of amides is 11. The van der Waals surface area contributed by atoms with Gasteiger partial charge in [0.15, 0.2) is 0 Å². The summed E-state index contributed by atoms with van der Waals surface area (Å²) in [7, 11) is -24.8. The number of rotatable bonds is 43. The van der Waals surface area contributed by atoms with Crippen LogP contribution in [0.3, 0.4) is 0 Å². The molecule has 0 spiro atoms. The van der Waals surface area contributed by atoms with Crippen molar-refractivity contribution in [1.82, 2.24) is 85.1 Å². The molecule has 0 aromatic rings. The van der Waals surface area contributed by atoms with Crippen molar-refractivity contribution < 1.29 is 276 Å². The van der Waals surface area contributed by atoms with Gasteiger partial charge in [0.2, 0.25) is 65.0 Å². The summed E-state index contributed by atoms with van der Waals surface area (Å²) >= 11 is 0. The number of unbranched alkanes of at least 4 members (excludes halogenated alkanes) is 1. The molecule has 54 heteroatoms. The van der Waals surface area contributed by atoms with E-state index in [-0.39, 0.29) is 173 Å². The van der Waals surface area contributed by atoms with Crippen molar-refractivity contribution in [2.24, 2.45) is 17.8 Å². The van der Waals surface area contributed by atoms with Gasteiger partial charge >= 0.3 is 148 Å². The van der Waals surface area contributed by atoms with Crippen molar-refractivity contribution in [2.45, 2.75) is 205 Å². The van der Waals surface area contributed by atoms with Gasteiger partial charge in [0.05, 0.1) is 41.6 Å². The first-order chi connectivity index (χ1) is 49.0. The molecule has 14 atom stereocenters. The number of hydrogen-bond donors (Lipinski definition) is 18. The molecule has 18 N–H and O–H groups in total. The first kappa shape index (κ1) is 118. The Bertz CT molecular complexity index is 3540. The quantitative estimate of drug-likeness (QED) is 0.0153. The van der Waals surface area contributed by atoms with Crippen molar-refractivity contribution in [2.75, 3.05) is 68.7 Å². The average molecular weight is 1740 g/mol. The summed E-state index contributed by atoms with van der Waals surface area (Å²) in [6, 6.07) is -18.9. The maximum Gasteiger partial charge on any atom is 1.00 e. The third-order valence-electron chi connectivity index (χ3n) is 16.1. The maximum atomic E-state index is 14.9. The Hall–Kier alpha value is -1.56. The zero-order chi connectivity index (χ0) is 81.1. The van der Waals surface area contributed by atoms with E-state index in [1.807, 2.05) is 13.8 Å². The Labute approximate surface area is 759 Å². The third-order valence-corrected chi connectivity index (χ3v) is 18.9. The van der Waals surface area contributed by atoms with E-state index in [1.165, 1.54) is 13.8 Å². The van der Waals surface area contributed by atoms with Crippen LogP contribution in [0.25, 0.3) is 0 Å². The van der Waals surface area contributed by atoms with Gasteiger partial charge in [0.25, 0.3) is 0 Å². The SMILES string of the molecule is CCC(C)C1NC(=O)C(CCNCS(=O)(=O)[O-])NC(=O)C(NC(=O)C(CCNCS(=O)(=O)[O-])NC(=O)C(NC(=O)C(CCNCS(=O)(=O)[O-])NC(=O)CCCCC(C)C)C(C)O)CCNC(=O)C(C(C)O)NC(=O)C(CCNCS(=O)(=O)[O-])NC(=O)C(CCNCS(=O)(=O)[O-])NC(=O)C(C(C)CC)NC1=O.[Na+].[Na+].[Na+].[Na+].[Na+]. The van der Waals surface area contributed by atoms with E-state index in [4.69, 9.17) is 0 Å². The van der Waals surface area contributed by atoms with Crippen LogP contribution >= 0.6 is 0 Å². The van der Waals surface area contributed by atoms with Gasteiger partial charge in [-0.2, -0.15) is 0 Å². The fraction of sp³-hybridized carbons (Fsp3) is 0.807. The van der Waals surface area contributed by atoms with Crippen LogP contribution in [-0.2, 0) is 103 Å². The smallest absolute Gasteiger partial charge is 0.747 e. The van der Waals surface area contributed by atoms with Crippen LogP contribution < -0.4 is 233 Å². The largest absolute Gasteiger partial charge is 1.00 e. The molecule has 0 radical (unpaired) electrons. The molecule has 0 bridgehead atoms. The van der Waals surface area contributed by atoms with E-state index in [0.29, 0.717) is 12.8 Å². The van der Waals surface area contributed by atoms with Crippen LogP contribution in [0.4, 0.5) is 0 Å². The predicted octanol–water partition coefficient (Wildman–Crippen LogP) is -25.1. The molecule has 44 nitrogen and oxygen atoms in total. The summed E-state index contributed by atoms with van der Waals surface area (Å²) in [6.07, 6.45) is -5.88. The Morgan fingerprint density at radius 2 is 0.784 bits per heavy atom. The number of hydrogen-bond acceptors (Lipinski definition) is 33. The van der Waals surface area contributed by atoms with Crippen LogP contribution in [0.1, 0.15) is 132 Å². The van der Waals surface area contributed by atoms with Gasteiger partial charge in [-0.25, -0.2) is 42.1 Å². The van der Waals surface area contributed by atoms with Crippen LogP contribution in [0.15, 0.2) is 0 Å². The molecule has 1 aliphatic rings. The number of nitrogens with one attached hydrogen (secondary N) is 16. The van der Waals surface area contributed by atoms with Crippen LogP contribution in [-0.4, -0.2) is 281 Å². The van der Waals surface area contributed by atoms with Crippen LogP contribution in [0.2, 0.25) is 0 Å². The summed E-state index contributed by atoms with van der Waals surface area (Å²) < 4.78 is 173. The molecule has 1 rings (SSSR count). The van der Waals surface area contributed by atoms with Crippen LogP contribution in [0, 0.1) is 17.8 Å². The average Bonchev–Trinajstić information content (AvgIpc) is 1.13. The van der Waals surface area contributed by atoms with Gasteiger partial charge in [0.1, 0.15) is 111 Å². The zero-order valence-corrected chi connectivity index (χ0v) is 79.1. The van der Waals surface area contributed by atoms with E-state index in [1.54, 1.807) is 13.8 Å². The zero-order valence-electron chi connectivity index (χ0n) is 65.0. The Kier molecular flexibility index (Phi) is 62.9. The van der Waals surface area contributed by atoms with Gasteiger partial charge in [-0.15, -0.1) is 0 Å². The predicted molar refractivity (Wildman–Crippen MR) is 368 cm³/mol. The van der Waals surface area contributed by atoms with E-state index >= 15 is 0 Å². The minimum absolute atomic E-state index is 0. The molecule has 1 heterocycles. The van der Waals surface area contributed by atoms with Crippen molar-refractivity contribution in [3.05, 3.63) is 0 Å². The Morgan fingerprint density at radius 3 is 1.16 bits per heavy atom.